The van der Waals surface area contributed by atoms with E-state index in [1.165, 1.54) is 10.5 Å². The van der Waals surface area contributed by atoms with E-state index in [-0.39, 0.29) is 28.2 Å². The molecule has 32 heavy (non-hydrogen) atoms. The Labute approximate surface area is 205 Å². The minimum absolute atomic E-state index is 0.0303. The summed E-state index contributed by atoms with van der Waals surface area (Å²) in [5.74, 6) is -0.386. The van der Waals surface area contributed by atoms with Crippen molar-refractivity contribution in [3.05, 3.63) is 97.9 Å². The summed E-state index contributed by atoms with van der Waals surface area (Å²) in [6, 6.07) is 18.8. The Bertz CT molecular complexity index is 1250. The van der Waals surface area contributed by atoms with Gasteiger partial charge in [-0.2, -0.15) is 5.10 Å². The lowest BCUT2D eigenvalue weighted by Gasteiger charge is -2.24. The Balaban J connectivity index is 1.71. The average Bonchev–Trinajstić information content (AvgIpc) is 2.75. The van der Waals surface area contributed by atoms with Gasteiger partial charge in [0.2, 0.25) is 10.0 Å². The molecule has 0 unspecified atom stereocenters. The van der Waals surface area contributed by atoms with Crippen LogP contribution in [0.5, 0.6) is 0 Å². The van der Waals surface area contributed by atoms with Crippen LogP contribution in [0.1, 0.15) is 21.5 Å². The fraction of sp³-hybridized carbons (Fsp3) is 0.0909. The van der Waals surface area contributed by atoms with Crippen molar-refractivity contribution >= 4 is 67.0 Å². The van der Waals surface area contributed by atoms with Crippen molar-refractivity contribution in [3.8, 4) is 0 Å². The van der Waals surface area contributed by atoms with Crippen LogP contribution in [0.25, 0.3) is 0 Å². The molecule has 6 nitrogen and oxygen atoms in total. The molecule has 0 aliphatic carbocycles. The third-order valence-corrected chi connectivity index (χ3v) is 6.86. The lowest BCUT2D eigenvalue weighted by atomic mass is 10.1. The number of rotatable bonds is 7. The van der Waals surface area contributed by atoms with Crippen molar-refractivity contribution in [1.82, 2.24) is 5.43 Å². The number of nitrogens with zero attached hydrogens (tertiary/aromatic N) is 2. The number of hydrazone groups is 1. The number of halogens is 3. The van der Waals surface area contributed by atoms with Gasteiger partial charge >= 0.3 is 0 Å². The molecule has 0 saturated carbocycles. The Morgan fingerprint density at radius 1 is 1.06 bits per heavy atom. The minimum atomic E-state index is -3.63. The number of nitrogens with one attached hydrogen (secondary N) is 1. The molecule has 0 aromatic heterocycles. The lowest BCUT2D eigenvalue weighted by molar-refractivity contribution is 0.0955. The van der Waals surface area contributed by atoms with Crippen LogP contribution in [0, 0.1) is 0 Å². The monoisotopic (exact) mass is 553 g/mol. The Hall–Kier alpha value is -2.39. The highest BCUT2D eigenvalue weighted by atomic mass is 79.9. The molecule has 0 atom stereocenters. The predicted molar refractivity (Wildman–Crippen MR) is 133 cm³/mol. The largest absolute Gasteiger partial charge is 0.271 e. The fourth-order valence-electron chi connectivity index (χ4n) is 2.77. The summed E-state index contributed by atoms with van der Waals surface area (Å²) in [4.78, 5) is 12.3. The van der Waals surface area contributed by atoms with E-state index in [0.29, 0.717) is 11.1 Å². The third kappa shape index (κ3) is 6.32. The minimum Gasteiger partial charge on any atom is -0.267 e. The highest BCUT2D eigenvalue weighted by Crippen LogP contribution is 2.34. The maximum absolute atomic E-state index is 12.4. The molecule has 3 aromatic rings. The third-order valence-electron chi connectivity index (χ3n) is 4.39. The van der Waals surface area contributed by atoms with E-state index in [1.807, 2.05) is 24.3 Å². The van der Waals surface area contributed by atoms with Gasteiger partial charge in [0.05, 0.1) is 34.7 Å². The fourth-order valence-corrected chi connectivity index (χ4v) is 4.38. The van der Waals surface area contributed by atoms with Crippen molar-refractivity contribution in [3.63, 3.8) is 0 Å². The number of benzene rings is 3. The topological polar surface area (TPSA) is 78.8 Å². The molecule has 3 rings (SSSR count). The molecule has 3 aromatic carbocycles. The molecular weight excluding hydrogens is 537 g/mol. The van der Waals surface area contributed by atoms with Gasteiger partial charge in [0, 0.05) is 10.0 Å². The van der Waals surface area contributed by atoms with Gasteiger partial charge in [-0.3, -0.25) is 9.10 Å². The lowest BCUT2D eigenvalue weighted by Crippen LogP contribution is -2.29. The van der Waals surface area contributed by atoms with E-state index in [1.54, 1.807) is 42.5 Å². The molecule has 0 bridgehead atoms. The zero-order valence-corrected chi connectivity index (χ0v) is 20.7. The highest BCUT2D eigenvalue weighted by molar-refractivity contribution is 9.10. The standard InChI is InChI=1S/C22H18BrCl2N3O3S/c1-32(30,31)28(20-4-2-3-19(24)21(20)25)14-16-5-9-17(10-6-16)22(29)27-26-13-15-7-11-18(23)12-8-15/h2-13H,14H2,1H3,(H,27,29)/b26-13-. The predicted octanol–water partition coefficient (Wildman–Crippen LogP) is 5.49. The van der Waals surface area contributed by atoms with Crippen molar-refractivity contribution in [2.45, 2.75) is 6.54 Å². The van der Waals surface area contributed by atoms with Gasteiger partial charge in [-0.15, -0.1) is 0 Å². The van der Waals surface area contributed by atoms with Crippen molar-refractivity contribution in [2.75, 3.05) is 10.6 Å². The van der Waals surface area contributed by atoms with Crippen LogP contribution < -0.4 is 9.73 Å². The van der Waals surface area contributed by atoms with E-state index in [4.69, 9.17) is 23.2 Å². The number of hydrogen-bond acceptors (Lipinski definition) is 4. The summed E-state index contributed by atoms with van der Waals surface area (Å²) in [7, 11) is -3.63. The zero-order valence-electron chi connectivity index (χ0n) is 16.8. The second kappa shape index (κ2) is 10.5. The highest BCUT2D eigenvalue weighted by Gasteiger charge is 2.21. The van der Waals surface area contributed by atoms with Gasteiger partial charge in [-0.1, -0.05) is 69.5 Å². The van der Waals surface area contributed by atoms with Crippen molar-refractivity contribution in [1.29, 1.82) is 0 Å². The van der Waals surface area contributed by atoms with E-state index < -0.39 is 10.0 Å². The van der Waals surface area contributed by atoms with Crippen LogP contribution in [-0.4, -0.2) is 26.8 Å². The number of amides is 1. The van der Waals surface area contributed by atoms with Crippen LogP contribution in [0.3, 0.4) is 0 Å². The quantitative estimate of drug-likeness (QED) is 0.310. The molecule has 0 radical (unpaired) electrons. The van der Waals surface area contributed by atoms with E-state index in [9.17, 15) is 13.2 Å². The first kappa shape index (κ1) is 24.3. The number of carbonyl (C=O) groups is 1. The number of carbonyl (C=O) groups excluding carboxylic acids is 1. The Morgan fingerprint density at radius 3 is 2.34 bits per heavy atom. The van der Waals surface area contributed by atoms with Gasteiger partial charge in [0.1, 0.15) is 0 Å². The molecule has 10 heteroatoms. The molecular formula is C22H18BrCl2N3O3S. The Morgan fingerprint density at radius 2 is 1.72 bits per heavy atom. The van der Waals surface area contributed by atoms with Crippen LogP contribution in [-0.2, 0) is 16.6 Å². The number of hydrogen-bond donors (Lipinski definition) is 1. The molecule has 0 aliphatic rings. The first-order chi connectivity index (χ1) is 15.1. The SMILES string of the molecule is CS(=O)(=O)N(Cc1ccc(C(=O)N/N=C\c2ccc(Br)cc2)cc1)c1cccc(Cl)c1Cl. The van der Waals surface area contributed by atoms with E-state index in [2.05, 4.69) is 26.5 Å². The van der Waals surface area contributed by atoms with Crippen LogP contribution in [0.2, 0.25) is 10.0 Å². The van der Waals surface area contributed by atoms with Gasteiger partial charge in [0.15, 0.2) is 0 Å². The molecule has 166 valence electrons. The molecule has 0 aliphatic heterocycles. The maximum atomic E-state index is 12.4. The summed E-state index contributed by atoms with van der Waals surface area (Å²) < 4.78 is 26.9. The molecule has 1 N–H and O–H groups in total. The molecule has 0 spiro atoms. The maximum Gasteiger partial charge on any atom is 0.271 e. The summed E-state index contributed by atoms with van der Waals surface area (Å²) in [5, 5.41) is 4.36. The zero-order chi connectivity index (χ0) is 23.3. The summed E-state index contributed by atoms with van der Waals surface area (Å²) in [6.45, 7) is 0.0303. The van der Waals surface area contributed by atoms with Crippen molar-refractivity contribution in [2.24, 2.45) is 5.10 Å². The van der Waals surface area contributed by atoms with Crippen LogP contribution in [0.15, 0.2) is 76.3 Å². The number of sulfonamides is 1. The summed E-state index contributed by atoms with van der Waals surface area (Å²) in [5.41, 5.74) is 4.64. The number of anilines is 1. The van der Waals surface area contributed by atoms with Gasteiger partial charge in [0.25, 0.3) is 5.91 Å². The average molecular weight is 555 g/mol. The second-order valence-corrected chi connectivity index (χ2v) is 10.4. The van der Waals surface area contributed by atoms with Crippen molar-refractivity contribution < 1.29 is 13.2 Å². The van der Waals surface area contributed by atoms with Gasteiger partial charge < -0.3 is 0 Å². The van der Waals surface area contributed by atoms with E-state index >= 15 is 0 Å². The van der Waals surface area contributed by atoms with Gasteiger partial charge in [-0.25, -0.2) is 13.8 Å². The molecule has 0 heterocycles. The first-order valence-corrected chi connectivity index (χ1v) is 12.6. The first-order valence-electron chi connectivity index (χ1n) is 9.25. The van der Waals surface area contributed by atoms with Crippen LogP contribution >= 0.6 is 39.1 Å². The normalized spacial score (nSPS) is 11.5. The second-order valence-electron chi connectivity index (χ2n) is 6.79. The molecule has 0 saturated heterocycles. The summed E-state index contributed by atoms with van der Waals surface area (Å²) in [6.07, 6.45) is 2.63. The van der Waals surface area contributed by atoms with E-state index in [0.717, 1.165) is 16.3 Å². The van der Waals surface area contributed by atoms with Crippen LogP contribution in [0.4, 0.5) is 5.69 Å². The van der Waals surface area contributed by atoms with Gasteiger partial charge in [-0.05, 0) is 47.5 Å². The Kier molecular flexibility index (Phi) is 7.95. The smallest absolute Gasteiger partial charge is 0.267 e. The molecule has 1 amide bonds. The summed E-state index contributed by atoms with van der Waals surface area (Å²) >= 11 is 15.6. The molecule has 0 fully saturated rings.